The second-order valence-corrected chi connectivity index (χ2v) is 4.88. The number of amides is 2. The quantitative estimate of drug-likeness (QED) is 0.874. The third kappa shape index (κ3) is 2.41. The number of nitrogens with one attached hydrogen (secondary N) is 1. The van der Waals surface area contributed by atoms with Crippen LogP contribution in [0.1, 0.15) is 19.3 Å². The van der Waals surface area contributed by atoms with Gasteiger partial charge in [-0.05, 0) is 25.0 Å². The van der Waals surface area contributed by atoms with Crippen molar-refractivity contribution in [2.24, 2.45) is 0 Å². The van der Waals surface area contributed by atoms with Gasteiger partial charge in [-0.1, -0.05) is 12.1 Å². The first-order valence-corrected chi connectivity index (χ1v) is 6.58. The molecule has 100 valence electrons. The maximum atomic E-state index is 12.0. The van der Waals surface area contributed by atoms with Crippen LogP contribution in [0.5, 0.6) is 5.75 Å². The molecule has 2 heterocycles. The van der Waals surface area contributed by atoms with Crippen molar-refractivity contribution in [3.63, 3.8) is 0 Å². The fraction of sp³-hybridized carbons (Fsp3) is 0.429. The lowest BCUT2D eigenvalue weighted by Gasteiger charge is -2.26. The van der Waals surface area contributed by atoms with E-state index < -0.39 is 6.10 Å². The van der Waals surface area contributed by atoms with Gasteiger partial charge in [0.25, 0.3) is 5.91 Å². The van der Waals surface area contributed by atoms with Crippen LogP contribution in [0.2, 0.25) is 0 Å². The smallest absolute Gasteiger partial charge is 0.266 e. The first-order chi connectivity index (χ1) is 9.24. The molecule has 1 N–H and O–H groups in total. The zero-order valence-corrected chi connectivity index (χ0v) is 10.6. The zero-order valence-electron chi connectivity index (χ0n) is 10.6. The van der Waals surface area contributed by atoms with Gasteiger partial charge in [0.1, 0.15) is 5.75 Å². The minimum atomic E-state index is -0.719. The number of likely N-dealkylation sites (tertiary alicyclic amines) is 1. The van der Waals surface area contributed by atoms with Crippen molar-refractivity contribution in [3.8, 4) is 5.75 Å². The first kappa shape index (κ1) is 12.0. The van der Waals surface area contributed by atoms with E-state index in [1.807, 2.05) is 12.1 Å². The van der Waals surface area contributed by atoms with Gasteiger partial charge in [0, 0.05) is 13.1 Å². The number of fused-ring (bicyclic) bond motifs is 1. The highest BCUT2D eigenvalue weighted by Gasteiger charge is 2.31. The SMILES string of the molecule is O=C1Nc2ccccc2O[C@@H]1CC(=O)N1CCCC1. The van der Waals surface area contributed by atoms with Gasteiger partial charge < -0.3 is 15.0 Å². The zero-order chi connectivity index (χ0) is 13.2. The molecule has 0 saturated carbocycles. The second kappa shape index (κ2) is 4.91. The highest BCUT2D eigenvalue weighted by Crippen LogP contribution is 2.29. The molecule has 0 spiro atoms. The van der Waals surface area contributed by atoms with Gasteiger partial charge in [-0.3, -0.25) is 9.59 Å². The molecule has 2 aliphatic heterocycles. The third-order valence-electron chi connectivity index (χ3n) is 3.53. The number of carbonyl (C=O) groups is 2. The van der Waals surface area contributed by atoms with Crippen LogP contribution in [-0.2, 0) is 9.59 Å². The molecular formula is C14H16N2O3. The van der Waals surface area contributed by atoms with E-state index in [0.29, 0.717) is 11.4 Å². The van der Waals surface area contributed by atoms with E-state index in [2.05, 4.69) is 5.32 Å². The first-order valence-electron chi connectivity index (χ1n) is 6.58. The van der Waals surface area contributed by atoms with E-state index in [0.717, 1.165) is 25.9 Å². The number of hydrogen-bond donors (Lipinski definition) is 1. The lowest BCUT2D eigenvalue weighted by Crippen LogP contribution is -2.41. The lowest BCUT2D eigenvalue weighted by molar-refractivity contribution is -0.136. The van der Waals surface area contributed by atoms with Gasteiger partial charge in [0.15, 0.2) is 6.10 Å². The summed E-state index contributed by atoms with van der Waals surface area (Å²) < 4.78 is 5.61. The number of hydrogen-bond acceptors (Lipinski definition) is 3. The van der Waals surface area contributed by atoms with Crippen molar-refractivity contribution in [2.75, 3.05) is 18.4 Å². The van der Waals surface area contributed by atoms with Crippen LogP contribution in [0.4, 0.5) is 5.69 Å². The Balaban J connectivity index is 1.69. The minimum Gasteiger partial charge on any atom is -0.478 e. The summed E-state index contributed by atoms with van der Waals surface area (Å²) >= 11 is 0. The van der Waals surface area contributed by atoms with E-state index in [-0.39, 0.29) is 18.2 Å². The Morgan fingerprint density at radius 3 is 2.84 bits per heavy atom. The Bertz CT molecular complexity index is 509. The second-order valence-electron chi connectivity index (χ2n) is 4.88. The summed E-state index contributed by atoms with van der Waals surface area (Å²) in [5, 5.41) is 2.77. The molecule has 0 unspecified atom stereocenters. The number of nitrogens with zero attached hydrogens (tertiary/aromatic N) is 1. The summed E-state index contributed by atoms with van der Waals surface area (Å²) in [6.07, 6.45) is 1.49. The molecule has 19 heavy (non-hydrogen) atoms. The third-order valence-corrected chi connectivity index (χ3v) is 3.53. The molecule has 1 atom stereocenters. The fourth-order valence-electron chi connectivity index (χ4n) is 2.48. The van der Waals surface area contributed by atoms with Crippen LogP contribution in [0.15, 0.2) is 24.3 Å². The van der Waals surface area contributed by atoms with Crippen molar-refractivity contribution in [1.82, 2.24) is 4.90 Å². The van der Waals surface area contributed by atoms with Crippen LogP contribution in [-0.4, -0.2) is 35.9 Å². The van der Waals surface area contributed by atoms with Gasteiger partial charge in [0.05, 0.1) is 12.1 Å². The molecule has 5 heteroatoms. The molecule has 2 aliphatic rings. The molecular weight excluding hydrogens is 244 g/mol. The number of para-hydroxylation sites is 2. The molecule has 1 aromatic carbocycles. The molecule has 0 aliphatic carbocycles. The van der Waals surface area contributed by atoms with E-state index >= 15 is 0 Å². The largest absolute Gasteiger partial charge is 0.478 e. The van der Waals surface area contributed by atoms with Gasteiger partial charge in [-0.2, -0.15) is 0 Å². The number of anilines is 1. The molecule has 3 rings (SSSR count). The average Bonchev–Trinajstić information content (AvgIpc) is 2.93. The van der Waals surface area contributed by atoms with Crippen LogP contribution in [0, 0.1) is 0 Å². The highest BCUT2D eigenvalue weighted by atomic mass is 16.5. The predicted octanol–water partition coefficient (Wildman–Crippen LogP) is 1.40. The maximum absolute atomic E-state index is 12.0. The van der Waals surface area contributed by atoms with Gasteiger partial charge in [-0.25, -0.2) is 0 Å². The van der Waals surface area contributed by atoms with Crippen LogP contribution < -0.4 is 10.1 Å². The summed E-state index contributed by atoms with van der Waals surface area (Å²) in [5.41, 5.74) is 0.664. The maximum Gasteiger partial charge on any atom is 0.266 e. The molecule has 0 radical (unpaired) electrons. The Hall–Kier alpha value is -2.04. The molecule has 1 fully saturated rings. The van der Waals surface area contributed by atoms with Crippen molar-refractivity contribution in [3.05, 3.63) is 24.3 Å². The van der Waals surface area contributed by atoms with Gasteiger partial charge >= 0.3 is 0 Å². The average molecular weight is 260 g/mol. The molecule has 1 saturated heterocycles. The van der Waals surface area contributed by atoms with Crippen molar-refractivity contribution in [2.45, 2.75) is 25.4 Å². The van der Waals surface area contributed by atoms with E-state index in [1.165, 1.54) is 0 Å². The number of benzene rings is 1. The normalized spacial score (nSPS) is 21.6. The summed E-state index contributed by atoms with van der Waals surface area (Å²) in [4.78, 5) is 25.7. The van der Waals surface area contributed by atoms with Crippen molar-refractivity contribution >= 4 is 17.5 Å². The van der Waals surface area contributed by atoms with Crippen LogP contribution >= 0.6 is 0 Å². The van der Waals surface area contributed by atoms with Crippen molar-refractivity contribution in [1.29, 1.82) is 0 Å². The topological polar surface area (TPSA) is 58.6 Å². The Morgan fingerprint density at radius 2 is 2.05 bits per heavy atom. The Kier molecular flexibility index (Phi) is 3.11. The summed E-state index contributed by atoms with van der Waals surface area (Å²) in [6.45, 7) is 1.59. The van der Waals surface area contributed by atoms with E-state index in [9.17, 15) is 9.59 Å². The van der Waals surface area contributed by atoms with Crippen molar-refractivity contribution < 1.29 is 14.3 Å². The highest BCUT2D eigenvalue weighted by molar-refractivity contribution is 5.99. The molecule has 2 amide bonds. The molecule has 5 nitrogen and oxygen atoms in total. The summed E-state index contributed by atoms with van der Waals surface area (Å²) in [7, 11) is 0. The number of carbonyl (C=O) groups excluding carboxylic acids is 2. The standard InChI is InChI=1S/C14H16N2O3/c17-13(16-7-3-4-8-16)9-12-14(18)15-10-5-1-2-6-11(10)19-12/h1-2,5-6,12H,3-4,7-9H2,(H,15,18)/t12-/m1/s1. The molecule has 0 aromatic heterocycles. The van der Waals surface area contributed by atoms with Crippen LogP contribution in [0.3, 0.4) is 0 Å². The predicted molar refractivity (Wildman–Crippen MR) is 69.9 cm³/mol. The Morgan fingerprint density at radius 1 is 1.32 bits per heavy atom. The molecule has 1 aromatic rings. The number of rotatable bonds is 2. The van der Waals surface area contributed by atoms with Gasteiger partial charge in [-0.15, -0.1) is 0 Å². The van der Waals surface area contributed by atoms with E-state index in [1.54, 1.807) is 17.0 Å². The Labute approximate surface area is 111 Å². The van der Waals surface area contributed by atoms with Gasteiger partial charge in [0.2, 0.25) is 5.91 Å². The summed E-state index contributed by atoms with van der Waals surface area (Å²) in [6, 6.07) is 7.25. The van der Waals surface area contributed by atoms with E-state index in [4.69, 9.17) is 4.74 Å². The minimum absolute atomic E-state index is 0.00275. The fourth-order valence-corrected chi connectivity index (χ4v) is 2.48. The van der Waals surface area contributed by atoms with Crippen LogP contribution in [0.25, 0.3) is 0 Å². The summed E-state index contributed by atoms with van der Waals surface area (Å²) in [5.74, 6) is 0.379. The number of ether oxygens (including phenoxy) is 1. The lowest BCUT2D eigenvalue weighted by atomic mass is 10.1. The molecule has 0 bridgehead atoms. The monoisotopic (exact) mass is 260 g/mol.